The van der Waals surface area contributed by atoms with Gasteiger partial charge in [0, 0.05) is 6.07 Å². The van der Waals surface area contributed by atoms with E-state index in [1.807, 2.05) is 13.8 Å². The van der Waals surface area contributed by atoms with Crippen LogP contribution in [-0.2, 0) is 0 Å². The van der Waals surface area contributed by atoms with Gasteiger partial charge in [0.15, 0.2) is 0 Å². The molecule has 19 heavy (non-hydrogen) atoms. The van der Waals surface area contributed by atoms with Crippen LogP contribution < -0.4 is 4.74 Å². The second kappa shape index (κ2) is 5.48. The summed E-state index contributed by atoms with van der Waals surface area (Å²) in [6.07, 6.45) is 1.45. The van der Waals surface area contributed by atoms with Crippen molar-refractivity contribution >= 4 is 5.97 Å². The minimum Gasteiger partial charge on any atom is -0.478 e. The number of carbonyl (C=O) groups is 1. The number of hydrogen-bond acceptors (Lipinski definition) is 4. The summed E-state index contributed by atoms with van der Waals surface area (Å²) in [5.74, 6) is 0.315. The largest absolute Gasteiger partial charge is 0.478 e. The highest BCUT2D eigenvalue weighted by atomic mass is 16.5. The third kappa shape index (κ3) is 3.28. The molecule has 0 atom stereocenters. The number of nitrogens with zero attached hydrogens (tertiary/aromatic N) is 2. The zero-order valence-electron chi connectivity index (χ0n) is 10.7. The van der Waals surface area contributed by atoms with Crippen molar-refractivity contribution in [2.75, 3.05) is 0 Å². The quantitative estimate of drug-likeness (QED) is 0.912. The first kappa shape index (κ1) is 13.0. The maximum atomic E-state index is 10.7. The highest BCUT2D eigenvalue weighted by Crippen LogP contribution is 2.22. The van der Waals surface area contributed by atoms with Crippen molar-refractivity contribution in [1.82, 2.24) is 9.97 Å². The van der Waals surface area contributed by atoms with Gasteiger partial charge >= 0.3 is 5.97 Å². The van der Waals surface area contributed by atoms with E-state index in [4.69, 9.17) is 9.84 Å². The summed E-state index contributed by atoms with van der Waals surface area (Å²) in [5, 5.41) is 8.80. The van der Waals surface area contributed by atoms with Crippen molar-refractivity contribution in [2.45, 2.75) is 19.8 Å². The standard InChI is InChI=1S/C14H14N2O3/c1-9(2)12-7-13(16-8-15-12)19-11-5-3-10(4-6-11)14(17)18/h3-9H,1-2H3,(H,17,18). The predicted molar refractivity (Wildman–Crippen MR) is 69.6 cm³/mol. The van der Waals surface area contributed by atoms with Gasteiger partial charge in [0.25, 0.3) is 0 Å². The number of hydrogen-bond donors (Lipinski definition) is 1. The zero-order valence-corrected chi connectivity index (χ0v) is 10.7. The van der Waals surface area contributed by atoms with E-state index in [9.17, 15) is 4.79 Å². The van der Waals surface area contributed by atoms with Crippen LogP contribution in [0.3, 0.4) is 0 Å². The third-order valence-electron chi connectivity index (χ3n) is 2.58. The molecule has 0 aliphatic heterocycles. The van der Waals surface area contributed by atoms with E-state index < -0.39 is 5.97 Å². The van der Waals surface area contributed by atoms with Crippen molar-refractivity contribution in [3.63, 3.8) is 0 Å². The molecular weight excluding hydrogens is 244 g/mol. The van der Waals surface area contributed by atoms with Crippen molar-refractivity contribution in [2.24, 2.45) is 0 Å². The molecule has 0 saturated heterocycles. The van der Waals surface area contributed by atoms with Crippen LogP contribution in [0.5, 0.6) is 11.6 Å². The molecule has 1 aromatic heterocycles. The summed E-state index contributed by atoms with van der Waals surface area (Å²) < 4.78 is 5.56. The van der Waals surface area contributed by atoms with Gasteiger partial charge in [0.2, 0.25) is 5.88 Å². The fraction of sp³-hybridized carbons (Fsp3) is 0.214. The number of aromatic nitrogens is 2. The molecule has 2 rings (SSSR count). The topological polar surface area (TPSA) is 72.3 Å². The van der Waals surface area contributed by atoms with Gasteiger partial charge in [-0.3, -0.25) is 0 Å². The maximum Gasteiger partial charge on any atom is 0.335 e. The Morgan fingerprint density at radius 3 is 2.47 bits per heavy atom. The molecule has 0 spiro atoms. The molecule has 1 heterocycles. The fourth-order valence-electron chi connectivity index (χ4n) is 1.51. The van der Waals surface area contributed by atoms with E-state index in [0.29, 0.717) is 17.5 Å². The van der Waals surface area contributed by atoms with Gasteiger partial charge in [0.05, 0.1) is 11.3 Å². The fourth-order valence-corrected chi connectivity index (χ4v) is 1.51. The average Bonchev–Trinajstić information content (AvgIpc) is 2.39. The monoisotopic (exact) mass is 258 g/mol. The van der Waals surface area contributed by atoms with Crippen LogP contribution in [0.2, 0.25) is 0 Å². The molecule has 0 radical (unpaired) electrons. The Morgan fingerprint density at radius 2 is 1.89 bits per heavy atom. The lowest BCUT2D eigenvalue weighted by Gasteiger charge is -2.07. The highest BCUT2D eigenvalue weighted by Gasteiger charge is 2.06. The van der Waals surface area contributed by atoms with Crippen molar-refractivity contribution in [3.8, 4) is 11.6 Å². The van der Waals surface area contributed by atoms with Crippen molar-refractivity contribution in [3.05, 3.63) is 47.9 Å². The number of benzene rings is 1. The van der Waals surface area contributed by atoms with Crippen LogP contribution >= 0.6 is 0 Å². The Morgan fingerprint density at radius 1 is 1.21 bits per heavy atom. The summed E-state index contributed by atoms with van der Waals surface area (Å²) in [6.45, 7) is 4.07. The Labute approximate surface area is 110 Å². The van der Waals surface area contributed by atoms with Crippen molar-refractivity contribution in [1.29, 1.82) is 0 Å². The first-order valence-corrected chi connectivity index (χ1v) is 5.89. The van der Waals surface area contributed by atoms with Gasteiger partial charge in [-0.25, -0.2) is 14.8 Å². The first-order valence-electron chi connectivity index (χ1n) is 5.89. The van der Waals surface area contributed by atoms with Crippen LogP contribution in [-0.4, -0.2) is 21.0 Å². The van der Waals surface area contributed by atoms with Gasteiger partial charge in [-0.15, -0.1) is 0 Å². The Bertz CT molecular complexity index is 579. The normalized spacial score (nSPS) is 10.5. The molecule has 5 nitrogen and oxygen atoms in total. The first-order chi connectivity index (χ1) is 9.06. The molecule has 0 saturated carbocycles. The summed E-state index contributed by atoms with van der Waals surface area (Å²) in [4.78, 5) is 18.9. The van der Waals surface area contributed by atoms with Gasteiger partial charge in [-0.2, -0.15) is 0 Å². The lowest BCUT2D eigenvalue weighted by molar-refractivity contribution is 0.0697. The molecule has 98 valence electrons. The van der Waals surface area contributed by atoms with E-state index in [1.54, 1.807) is 18.2 Å². The zero-order chi connectivity index (χ0) is 13.8. The Kier molecular flexibility index (Phi) is 3.75. The van der Waals surface area contributed by atoms with Gasteiger partial charge < -0.3 is 9.84 Å². The van der Waals surface area contributed by atoms with Crippen LogP contribution in [0.4, 0.5) is 0 Å². The second-order valence-corrected chi connectivity index (χ2v) is 4.37. The third-order valence-corrected chi connectivity index (χ3v) is 2.58. The van der Waals surface area contributed by atoms with E-state index >= 15 is 0 Å². The van der Waals surface area contributed by atoms with E-state index in [2.05, 4.69) is 9.97 Å². The van der Waals surface area contributed by atoms with Gasteiger partial charge in [-0.1, -0.05) is 13.8 Å². The molecule has 0 aliphatic rings. The van der Waals surface area contributed by atoms with E-state index in [1.165, 1.54) is 18.5 Å². The molecule has 2 aromatic rings. The Hall–Kier alpha value is -2.43. The average molecular weight is 258 g/mol. The number of carboxylic acid groups (broad SMARTS) is 1. The lowest BCUT2D eigenvalue weighted by atomic mass is 10.1. The highest BCUT2D eigenvalue weighted by molar-refractivity contribution is 5.87. The number of carboxylic acids is 1. The van der Waals surface area contributed by atoms with Crippen molar-refractivity contribution < 1.29 is 14.6 Å². The molecule has 0 unspecified atom stereocenters. The van der Waals surface area contributed by atoms with Gasteiger partial charge in [-0.05, 0) is 30.2 Å². The molecule has 5 heteroatoms. The number of aromatic carboxylic acids is 1. The molecule has 0 amide bonds. The number of ether oxygens (including phenoxy) is 1. The molecule has 1 N–H and O–H groups in total. The van der Waals surface area contributed by atoms with Crippen LogP contribution in [0.15, 0.2) is 36.7 Å². The summed E-state index contributed by atoms with van der Waals surface area (Å²) in [6, 6.07) is 7.95. The smallest absolute Gasteiger partial charge is 0.335 e. The Balaban J connectivity index is 2.16. The molecule has 1 aromatic carbocycles. The van der Waals surface area contributed by atoms with Crippen LogP contribution in [0.25, 0.3) is 0 Å². The predicted octanol–water partition coefficient (Wildman–Crippen LogP) is 3.09. The lowest BCUT2D eigenvalue weighted by Crippen LogP contribution is -1.97. The summed E-state index contributed by atoms with van der Waals surface area (Å²) >= 11 is 0. The maximum absolute atomic E-state index is 10.7. The molecule has 0 aliphatic carbocycles. The van der Waals surface area contributed by atoms with Crippen LogP contribution in [0, 0.1) is 0 Å². The molecule has 0 bridgehead atoms. The molecule has 0 fully saturated rings. The molecular formula is C14H14N2O3. The van der Waals surface area contributed by atoms with Gasteiger partial charge in [0.1, 0.15) is 12.1 Å². The van der Waals surface area contributed by atoms with E-state index in [0.717, 1.165) is 5.69 Å². The second-order valence-electron chi connectivity index (χ2n) is 4.37. The summed E-state index contributed by atoms with van der Waals surface area (Å²) in [5.41, 5.74) is 1.12. The SMILES string of the molecule is CC(C)c1cc(Oc2ccc(C(=O)O)cc2)ncn1. The minimum atomic E-state index is -0.962. The van der Waals surface area contributed by atoms with E-state index in [-0.39, 0.29) is 5.56 Å². The summed E-state index contributed by atoms with van der Waals surface area (Å²) in [7, 11) is 0. The minimum absolute atomic E-state index is 0.220. The van der Waals surface area contributed by atoms with Crippen LogP contribution in [0.1, 0.15) is 35.8 Å². The number of rotatable bonds is 4.